The van der Waals surface area contributed by atoms with Gasteiger partial charge in [0.15, 0.2) is 5.96 Å². The fraction of sp³-hybridized carbons (Fsp3) is 0.714. The standard InChI is InChI=1S/C14H26N4S/c1-6-10(3)17-14(15-7-2)16-9-8-13-11(4)18-12(5)19-13/h10H,6-9H2,1-5H3,(H2,15,16,17). The number of nitrogens with zero attached hydrogens (tertiary/aromatic N) is 2. The molecule has 0 saturated carbocycles. The molecule has 4 nitrogen and oxygen atoms in total. The molecule has 108 valence electrons. The zero-order valence-electron chi connectivity index (χ0n) is 12.7. The summed E-state index contributed by atoms with van der Waals surface area (Å²) < 4.78 is 0. The number of aryl methyl sites for hydroxylation is 2. The summed E-state index contributed by atoms with van der Waals surface area (Å²) in [5.41, 5.74) is 1.15. The van der Waals surface area contributed by atoms with Crippen LogP contribution in [-0.2, 0) is 6.42 Å². The molecule has 19 heavy (non-hydrogen) atoms. The van der Waals surface area contributed by atoms with E-state index in [9.17, 15) is 0 Å². The molecule has 5 heteroatoms. The molecule has 0 aromatic carbocycles. The topological polar surface area (TPSA) is 49.3 Å². The zero-order valence-corrected chi connectivity index (χ0v) is 13.5. The second kappa shape index (κ2) is 8.15. The molecule has 0 spiro atoms. The van der Waals surface area contributed by atoms with E-state index in [-0.39, 0.29) is 0 Å². The van der Waals surface area contributed by atoms with E-state index in [2.05, 4.69) is 55.2 Å². The van der Waals surface area contributed by atoms with Gasteiger partial charge in [0.05, 0.1) is 10.7 Å². The Morgan fingerprint density at radius 3 is 2.63 bits per heavy atom. The van der Waals surface area contributed by atoms with E-state index in [0.29, 0.717) is 6.04 Å². The van der Waals surface area contributed by atoms with Gasteiger partial charge >= 0.3 is 0 Å². The third kappa shape index (κ3) is 5.59. The molecule has 0 aliphatic carbocycles. The highest BCUT2D eigenvalue weighted by Crippen LogP contribution is 2.17. The highest BCUT2D eigenvalue weighted by Gasteiger charge is 2.05. The fourth-order valence-electron chi connectivity index (χ4n) is 1.73. The van der Waals surface area contributed by atoms with Crippen molar-refractivity contribution in [3.63, 3.8) is 0 Å². The molecular formula is C14H26N4S. The Morgan fingerprint density at radius 1 is 1.37 bits per heavy atom. The van der Waals surface area contributed by atoms with Crippen LogP contribution >= 0.6 is 11.3 Å². The third-order valence-electron chi connectivity index (χ3n) is 2.95. The molecule has 0 radical (unpaired) electrons. The Morgan fingerprint density at radius 2 is 2.11 bits per heavy atom. The Kier molecular flexibility index (Phi) is 6.84. The van der Waals surface area contributed by atoms with Gasteiger partial charge in [-0.15, -0.1) is 11.3 Å². The average Bonchev–Trinajstić information content (AvgIpc) is 2.68. The Bertz CT molecular complexity index is 412. The van der Waals surface area contributed by atoms with Crippen LogP contribution in [0.1, 0.15) is 42.8 Å². The van der Waals surface area contributed by atoms with Crippen LogP contribution in [0.25, 0.3) is 0 Å². The van der Waals surface area contributed by atoms with Crippen LogP contribution in [0, 0.1) is 13.8 Å². The number of nitrogens with one attached hydrogen (secondary N) is 2. The van der Waals surface area contributed by atoms with Crippen LogP contribution < -0.4 is 10.6 Å². The first-order valence-corrected chi connectivity index (χ1v) is 7.86. The summed E-state index contributed by atoms with van der Waals surface area (Å²) in [6.45, 7) is 12.2. The zero-order chi connectivity index (χ0) is 14.3. The molecule has 1 rings (SSSR count). The Balaban J connectivity index is 2.53. The molecule has 0 fully saturated rings. The van der Waals surface area contributed by atoms with E-state index in [1.54, 1.807) is 11.3 Å². The molecule has 2 N–H and O–H groups in total. The summed E-state index contributed by atoms with van der Waals surface area (Å²) in [7, 11) is 0. The van der Waals surface area contributed by atoms with Gasteiger partial charge in [0.1, 0.15) is 0 Å². The van der Waals surface area contributed by atoms with Crippen LogP contribution in [0.2, 0.25) is 0 Å². The Labute approximate surface area is 120 Å². The molecule has 1 atom stereocenters. The normalized spacial score (nSPS) is 13.4. The number of aliphatic imine (C=N–C) groups is 1. The van der Waals surface area contributed by atoms with Crippen LogP contribution in [0.5, 0.6) is 0 Å². The number of hydrogen-bond donors (Lipinski definition) is 2. The first kappa shape index (κ1) is 16.0. The molecule has 0 aliphatic heterocycles. The van der Waals surface area contributed by atoms with Gasteiger partial charge in [-0.1, -0.05) is 6.92 Å². The van der Waals surface area contributed by atoms with Gasteiger partial charge in [0.2, 0.25) is 0 Å². The minimum Gasteiger partial charge on any atom is -0.357 e. The van der Waals surface area contributed by atoms with E-state index in [1.807, 2.05) is 0 Å². The van der Waals surface area contributed by atoms with Crippen molar-refractivity contribution in [3.8, 4) is 0 Å². The lowest BCUT2D eigenvalue weighted by atomic mass is 10.3. The van der Waals surface area contributed by atoms with E-state index in [1.165, 1.54) is 4.88 Å². The summed E-state index contributed by atoms with van der Waals surface area (Å²) >= 11 is 1.78. The van der Waals surface area contributed by atoms with Crippen LogP contribution in [0.4, 0.5) is 0 Å². The first-order chi connectivity index (χ1) is 9.06. The predicted molar refractivity (Wildman–Crippen MR) is 84.2 cm³/mol. The van der Waals surface area contributed by atoms with Crippen molar-refractivity contribution >= 4 is 17.3 Å². The lowest BCUT2D eigenvalue weighted by Crippen LogP contribution is -2.42. The van der Waals surface area contributed by atoms with Gasteiger partial charge in [-0.3, -0.25) is 4.99 Å². The SMILES string of the molecule is CCNC(=NCCc1sc(C)nc1C)NC(C)CC. The van der Waals surface area contributed by atoms with Gasteiger partial charge in [0, 0.05) is 30.4 Å². The van der Waals surface area contributed by atoms with Gasteiger partial charge in [-0.2, -0.15) is 0 Å². The quantitative estimate of drug-likeness (QED) is 0.623. The van der Waals surface area contributed by atoms with E-state index < -0.39 is 0 Å². The van der Waals surface area contributed by atoms with Crippen LogP contribution in [0.3, 0.4) is 0 Å². The third-order valence-corrected chi connectivity index (χ3v) is 4.08. The van der Waals surface area contributed by atoms with Crippen molar-refractivity contribution in [1.29, 1.82) is 0 Å². The number of aromatic nitrogens is 1. The first-order valence-electron chi connectivity index (χ1n) is 7.04. The lowest BCUT2D eigenvalue weighted by Gasteiger charge is -2.16. The maximum absolute atomic E-state index is 4.62. The number of guanidine groups is 1. The molecular weight excluding hydrogens is 256 g/mol. The van der Waals surface area contributed by atoms with E-state index >= 15 is 0 Å². The minimum absolute atomic E-state index is 0.449. The number of hydrogen-bond acceptors (Lipinski definition) is 3. The maximum atomic E-state index is 4.62. The lowest BCUT2D eigenvalue weighted by molar-refractivity contribution is 0.624. The Hall–Kier alpha value is -1.10. The molecule has 1 aromatic heterocycles. The molecule has 1 unspecified atom stereocenters. The maximum Gasteiger partial charge on any atom is 0.191 e. The second-order valence-electron chi connectivity index (χ2n) is 4.71. The number of thiazole rings is 1. The van der Waals surface area contributed by atoms with Crippen molar-refractivity contribution < 1.29 is 0 Å². The fourth-order valence-corrected chi connectivity index (χ4v) is 2.66. The highest BCUT2D eigenvalue weighted by molar-refractivity contribution is 7.11. The van der Waals surface area contributed by atoms with Crippen molar-refractivity contribution in [2.24, 2.45) is 4.99 Å². The molecule has 1 aromatic rings. The average molecular weight is 282 g/mol. The molecule has 0 bridgehead atoms. The van der Waals surface area contributed by atoms with E-state index in [4.69, 9.17) is 0 Å². The highest BCUT2D eigenvalue weighted by atomic mass is 32.1. The summed E-state index contributed by atoms with van der Waals surface area (Å²) in [6, 6.07) is 0.449. The molecule has 0 amide bonds. The van der Waals surface area contributed by atoms with Crippen LogP contribution in [-0.4, -0.2) is 30.1 Å². The van der Waals surface area contributed by atoms with E-state index in [0.717, 1.165) is 42.6 Å². The van der Waals surface area contributed by atoms with Gasteiger partial charge < -0.3 is 10.6 Å². The second-order valence-corrected chi connectivity index (χ2v) is 5.99. The molecule has 1 heterocycles. The largest absolute Gasteiger partial charge is 0.357 e. The monoisotopic (exact) mass is 282 g/mol. The van der Waals surface area contributed by atoms with Crippen molar-refractivity contribution in [2.45, 2.75) is 53.5 Å². The van der Waals surface area contributed by atoms with Gasteiger partial charge in [0.25, 0.3) is 0 Å². The summed E-state index contributed by atoms with van der Waals surface area (Å²) in [5.74, 6) is 0.913. The molecule has 0 aliphatic rings. The summed E-state index contributed by atoms with van der Waals surface area (Å²) in [6.07, 6.45) is 2.06. The van der Waals surface area contributed by atoms with Crippen molar-refractivity contribution in [2.75, 3.05) is 13.1 Å². The van der Waals surface area contributed by atoms with Gasteiger partial charge in [-0.05, 0) is 34.1 Å². The number of rotatable bonds is 6. The molecule has 0 saturated heterocycles. The minimum atomic E-state index is 0.449. The predicted octanol–water partition coefficient (Wildman–Crippen LogP) is 2.66. The summed E-state index contributed by atoms with van der Waals surface area (Å²) in [4.78, 5) is 10.4. The van der Waals surface area contributed by atoms with Crippen LogP contribution in [0.15, 0.2) is 4.99 Å². The smallest absolute Gasteiger partial charge is 0.191 e. The van der Waals surface area contributed by atoms with Gasteiger partial charge in [-0.25, -0.2) is 4.98 Å². The summed E-state index contributed by atoms with van der Waals surface area (Å²) in [5, 5.41) is 7.82. The van der Waals surface area contributed by atoms with Crippen molar-refractivity contribution in [3.05, 3.63) is 15.6 Å². The van der Waals surface area contributed by atoms with Crippen molar-refractivity contribution in [1.82, 2.24) is 15.6 Å².